The Labute approximate surface area is 282 Å². The predicted molar refractivity (Wildman–Crippen MR) is 149 cm³/mol. The normalized spacial score (nSPS) is 9.47. The fourth-order valence-electron chi connectivity index (χ4n) is 2.89. The molecule has 12 N–H and O–H groups in total. The van der Waals surface area contributed by atoms with Gasteiger partial charge >= 0.3 is 17.6 Å². The summed E-state index contributed by atoms with van der Waals surface area (Å²) in [6.07, 6.45) is 0. The van der Waals surface area contributed by atoms with E-state index in [1.54, 1.807) is 0 Å². The molecule has 4 aromatic carbocycles. The molecule has 0 radical (unpaired) electrons. The summed E-state index contributed by atoms with van der Waals surface area (Å²) < 4.78 is 0. The average molecular weight is 749 g/mol. The SMILES string of the molecule is O=C([O-])c1cc(O)c(O)c(O)c1.O=C([O-])c1cc(O)c(O)c(O)c1.O=C([O-])c1cc(O)c(O)c(O)c1.O=C([O-])c1cc(O)c(O)c(O)c1.[Ge+4]. The zero-order chi connectivity index (χ0) is 37.2. The van der Waals surface area contributed by atoms with Crippen LogP contribution < -0.4 is 20.4 Å². The van der Waals surface area contributed by atoms with Gasteiger partial charge in [-0.25, -0.2) is 0 Å². The van der Waals surface area contributed by atoms with E-state index in [1.165, 1.54) is 0 Å². The maximum Gasteiger partial charge on any atom is 4.00 e. The zero-order valence-corrected chi connectivity index (χ0v) is 25.8. The minimum absolute atomic E-state index is 0. The summed E-state index contributed by atoms with van der Waals surface area (Å²) in [4.78, 5) is 40.8. The topological polar surface area (TPSA) is 403 Å². The monoisotopic (exact) mass is 750 g/mol. The van der Waals surface area contributed by atoms with Gasteiger partial charge in [-0.05, 0) is 48.5 Å². The van der Waals surface area contributed by atoms with Crippen molar-refractivity contribution in [2.75, 3.05) is 0 Å². The Balaban J connectivity index is 0.000000623. The standard InChI is InChI=1S/4C7H6O5.Ge/c4*8-4-1-3(7(11)12)2-5(9)6(4)10;/h4*1-2,8-10H,(H,11,12);/q;;;;+4/p-4. The average Bonchev–Trinajstić information content (AvgIpc) is 2.99. The van der Waals surface area contributed by atoms with Crippen LogP contribution in [0, 0.1) is 0 Å². The van der Waals surface area contributed by atoms with E-state index in [9.17, 15) is 39.6 Å². The number of rotatable bonds is 4. The fraction of sp³-hybridized carbons (Fsp3) is 0. The van der Waals surface area contributed by atoms with Gasteiger partial charge in [0.05, 0.1) is 23.9 Å². The number of hydrogen-bond acceptors (Lipinski definition) is 20. The van der Waals surface area contributed by atoms with Gasteiger partial charge in [-0.2, -0.15) is 0 Å². The minimum Gasteiger partial charge on any atom is -0.545 e. The van der Waals surface area contributed by atoms with Crippen molar-refractivity contribution >= 4 is 41.5 Å². The Morgan fingerprint density at radius 2 is 0.408 bits per heavy atom. The second-order valence-corrected chi connectivity index (χ2v) is 8.60. The number of aromatic carboxylic acids is 4. The number of carbonyl (C=O) groups is 4. The maximum atomic E-state index is 10.2. The van der Waals surface area contributed by atoms with E-state index >= 15 is 0 Å². The molecule has 4 rings (SSSR count). The third kappa shape index (κ3) is 11.6. The molecule has 256 valence electrons. The molecular weight excluding hydrogens is 729 g/mol. The Bertz CT molecular complexity index is 1510. The molecule has 0 saturated heterocycles. The van der Waals surface area contributed by atoms with Crippen LogP contribution in [-0.2, 0) is 0 Å². The van der Waals surface area contributed by atoms with Crippen molar-refractivity contribution in [3.8, 4) is 69.0 Å². The Kier molecular flexibility index (Phi) is 15.0. The van der Waals surface area contributed by atoms with Crippen molar-refractivity contribution in [1.82, 2.24) is 0 Å². The fourth-order valence-corrected chi connectivity index (χ4v) is 2.89. The van der Waals surface area contributed by atoms with E-state index in [2.05, 4.69) is 0 Å². The molecule has 0 aromatic heterocycles. The van der Waals surface area contributed by atoms with Gasteiger partial charge in [-0.1, -0.05) is 0 Å². The summed E-state index contributed by atoms with van der Waals surface area (Å²) >= 11 is 0. The van der Waals surface area contributed by atoms with Gasteiger partial charge in [0.25, 0.3) is 0 Å². The first kappa shape index (κ1) is 41.9. The summed E-state index contributed by atoms with van der Waals surface area (Å²) in [5.41, 5.74) is -1.60. The second kappa shape index (κ2) is 17.6. The molecule has 0 unspecified atom stereocenters. The van der Waals surface area contributed by atoms with Crippen molar-refractivity contribution in [3.05, 3.63) is 70.8 Å². The molecule has 0 fully saturated rings. The van der Waals surface area contributed by atoms with Crippen LogP contribution in [0.5, 0.6) is 69.0 Å². The van der Waals surface area contributed by atoms with Crippen LogP contribution in [0.4, 0.5) is 0 Å². The molecule has 0 saturated carbocycles. The van der Waals surface area contributed by atoms with Crippen molar-refractivity contribution in [2.24, 2.45) is 0 Å². The number of phenols is 12. The Hall–Kier alpha value is -7.10. The zero-order valence-electron chi connectivity index (χ0n) is 23.8. The van der Waals surface area contributed by atoms with E-state index in [1.807, 2.05) is 0 Å². The van der Waals surface area contributed by atoms with E-state index in [0.29, 0.717) is 0 Å². The van der Waals surface area contributed by atoms with Crippen LogP contribution in [0.15, 0.2) is 48.5 Å². The van der Waals surface area contributed by atoms with E-state index in [4.69, 9.17) is 61.3 Å². The molecule has 0 aliphatic carbocycles. The van der Waals surface area contributed by atoms with Crippen LogP contribution >= 0.6 is 0 Å². The summed E-state index contributed by atoms with van der Waals surface area (Å²) in [5.74, 6) is -14.8. The van der Waals surface area contributed by atoms with Crippen LogP contribution in [0.25, 0.3) is 0 Å². The van der Waals surface area contributed by atoms with Crippen LogP contribution in [0.3, 0.4) is 0 Å². The van der Waals surface area contributed by atoms with Crippen LogP contribution in [-0.4, -0.2) is 103 Å². The molecule has 49 heavy (non-hydrogen) atoms. The second-order valence-electron chi connectivity index (χ2n) is 8.60. The number of hydrogen-bond donors (Lipinski definition) is 12. The van der Waals surface area contributed by atoms with Crippen molar-refractivity contribution in [1.29, 1.82) is 0 Å². The minimum atomic E-state index is -1.54. The van der Waals surface area contributed by atoms with Crippen molar-refractivity contribution < 1.29 is 101 Å². The molecule has 0 atom stereocenters. The maximum absolute atomic E-state index is 10.2. The number of phenolic OH excluding ortho intramolecular Hbond substituents is 12. The largest absolute Gasteiger partial charge is 4.00 e. The predicted octanol–water partition coefficient (Wildman–Crippen LogP) is -3.71. The van der Waals surface area contributed by atoms with Crippen molar-refractivity contribution in [3.63, 3.8) is 0 Å². The van der Waals surface area contributed by atoms with Crippen LogP contribution in [0.1, 0.15) is 41.4 Å². The molecule has 4 aromatic rings. The van der Waals surface area contributed by atoms with Gasteiger partial charge in [-0.15, -0.1) is 0 Å². The van der Waals surface area contributed by atoms with Gasteiger partial charge in [0.1, 0.15) is 0 Å². The number of carboxylic acid groups (broad SMARTS) is 4. The summed E-state index contributed by atoms with van der Waals surface area (Å²) in [6, 6.07) is 6.26. The number of carboxylic acids is 4. The quantitative estimate of drug-likeness (QED) is 0.0705. The van der Waals surface area contributed by atoms with E-state index < -0.39 is 115 Å². The molecular formula is C28H20GeO20. The Morgan fingerprint density at radius 3 is 0.490 bits per heavy atom. The molecule has 21 heteroatoms. The molecule has 0 aliphatic heterocycles. The third-order valence-electron chi connectivity index (χ3n) is 5.22. The number of aromatic hydroxyl groups is 12. The van der Waals surface area contributed by atoms with Gasteiger partial charge in [0, 0.05) is 22.3 Å². The van der Waals surface area contributed by atoms with Gasteiger partial charge in [0.2, 0.25) is 0 Å². The van der Waals surface area contributed by atoms with Gasteiger partial charge in [0.15, 0.2) is 69.0 Å². The number of benzene rings is 4. The first-order valence-corrected chi connectivity index (χ1v) is 11.9. The first-order chi connectivity index (χ1) is 22.1. The molecule has 0 amide bonds. The van der Waals surface area contributed by atoms with E-state index in [-0.39, 0.29) is 17.6 Å². The summed E-state index contributed by atoms with van der Waals surface area (Å²) in [7, 11) is 0. The molecule has 0 spiro atoms. The van der Waals surface area contributed by atoms with Gasteiger partial charge < -0.3 is 101 Å². The molecule has 0 aliphatic rings. The van der Waals surface area contributed by atoms with Crippen LogP contribution in [0.2, 0.25) is 0 Å². The first-order valence-electron chi connectivity index (χ1n) is 11.9. The van der Waals surface area contributed by atoms with Gasteiger partial charge in [-0.3, -0.25) is 0 Å². The number of carbonyl (C=O) groups excluding carboxylic acids is 4. The Morgan fingerprint density at radius 1 is 0.306 bits per heavy atom. The molecule has 20 nitrogen and oxygen atoms in total. The molecule has 0 bridgehead atoms. The smallest absolute Gasteiger partial charge is 0.545 e. The van der Waals surface area contributed by atoms with Crippen molar-refractivity contribution in [2.45, 2.75) is 0 Å². The third-order valence-corrected chi connectivity index (χ3v) is 5.22. The summed E-state index contributed by atoms with van der Waals surface area (Å²) in [6.45, 7) is 0. The molecule has 0 heterocycles. The van der Waals surface area contributed by atoms with E-state index in [0.717, 1.165) is 48.5 Å². The summed E-state index contributed by atoms with van der Waals surface area (Å²) in [5, 5.41) is 147.